The molecule has 1 unspecified atom stereocenters. The Hall–Kier alpha value is -1.61. The van der Waals surface area contributed by atoms with E-state index in [2.05, 4.69) is 6.58 Å². The summed E-state index contributed by atoms with van der Waals surface area (Å²) >= 11 is 0. The van der Waals surface area contributed by atoms with Gasteiger partial charge in [-0.05, 0) is 25.0 Å². The summed E-state index contributed by atoms with van der Waals surface area (Å²) in [4.78, 5) is 11.4. The fraction of sp³-hybridized carbons (Fsp3) is 0.357. The molecule has 0 amide bonds. The molecule has 1 aromatic carbocycles. The molecule has 0 aliphatic heterocycles. The van der Waals surface area contributed by atoms with Gasteiger partial charge in [0, 0.05) is 6.42 Å². The van der Waals surface area contributed by atoms with E-state index in [-0.39, 0.29) is 12.5 Å². The molecule has 0 spiro atoms. The molecule has 17 heavy (non-hydrogen) atoms. The fourth-order valence-corrected chi connectivity index (χ4v) is 1.42. The lowest BCUT2D eigenvalue weighted by Gasteiger charge is -2.14. The van der Waals surface area contributed by atoms with Crippen LogP contribution in [-0.4, -0.2) is 23.3 Å². The number of carbonyl (C=O) groups excluding carboxylic acids is 1. The number of aliphatic hydroxyl groups is 1. The van der Waals surface area contributed by atoms with Gasteiger partial charge < -0.3 is 9.84 Å². The lowest BCUT2D eigenvalue weighted by molar-refractivity contribution is -0.157. The van der Waals surface area contributed by atoms with Crippen LogP contribution in [0.15, 0.2) is 36.9 Å². The second-order valence-corrected chi connectivity index (χ2v) is 4.18. The first-order chi connectivity index (χ1) is 8.00. The Balaban J connectivity index is 2.55. The van der Waals surface area contributed by atoms with Crippen LogP contribution in [-0.2, 0) is 9.53 Å². The Morgan fingerprint density at radius 3 is 2.47 bits per heavy atom. The second-order valence-electron chi connectivity index (χ2n) is 4.18. The second kappa shape index (κ2) is 6.21. The van der Waals surface area contributed by atoms with Gasteiger partial charge >= 0.3 is 5.97 Å². The monoisotopic (exact) mass is 234 g/mol. The smallest absolute Gasteiger partial charge is 0.335 e. The number of benzene rings is 1. The van der Waals surface area contributed by atoms with E-state index >= 15 is 0 Å². The third-order valence-electron chi connectivity index (χ3n) is 2.25. The molecule has 1 aromatic rings. The van der Waals surface area contributed by atoms with Gasteiger partial charge in [-0.15, -0.1) is 0 Å². The third kappa shape index (κ3) is 4.41. The molecule has 0 aliphatic carbocycles. The Morgan fingerprint density at radius 1 is 1.35 bits per heavy atom. The molecule has 0 saturated carbocycles. The molecule has 0 aromatic heterocycles. The number of hydrogen-bond acceptors (Lipinski definition) is 3. The van der Waals surface area contributed by atoms with Crippen molar-refractivity contribution in [3.63, 3.8) is 0 Å². The zero-order valence-electron chi connectivity index (χ0n) is 10.2. The molecule has 1 rings (SSSR count). The minimum absolute atomic E-state index is 0.190. The summed E-state index contributed by atoms with van der Waals surface area (Å²) in [6.45, 7) is 7.35. The van der Waals surface area contributed by atoms with Crippen molar-refractivity contribution in [2.24, 2.45) is 0 Å². The number of ether oxygens (including phenoxy) is 1. The van der Waals surface area contributed by atoms with Crippen molar-refractivity contribution in [1.82, 2.24) is 0 Å². The van der Waals surface area contributed by atoms with Crippen molar-refractivity contribution in [3.05, 3.63) is 42.5 Å². The van der Waals surface area contributed by atoms with Crippen LogP contribution in [0.1, 0.15) is 25.8 Å². The Morgan fingerprint density at radius 2 is 1.94 bits per heavy atom. The number of esters is 1. The van der Waals surface area contributed by atoms with Gasteiger partial charge in [0.1, 0.15) is 0 Å². The summed E-state index contributed by atoms with van der Waals surface area (Å²) in [7, 11) is 0. The SMILES string of the molecule is C=C(CC(O)C(=O)OC(C)C)c1ccccc1. The first-order valence-electron chi connectivity index (χ1n) is 5.62. The van der Waals surface area contributed by atoms with E-state index in [0.717, 1.165) is 11.1 Å². The highest BCUT2D eigenvalue weighted by Gasteiger charge is 2.19. The van der Waals surface area contributed by atoms with Crippen LogP contribution in [0.5, 0.6) is 0 Å². The molecule has 3 nitrogen and oxygen atoms in total. The normalized spacial score (nSPS) is 12.2. The van der Waals surface area contributed by atoms with Crippen molar-refractivity contribution in [3.8, 4) is 0 Å². The van der Waals surface area contributed by atoms with Crippen molar-refractivity contribution in [2.75, 3.05) is 0 Å². The van der Waals surface area contributed by atoms with Crippen LogP contribution < -0.4 is 0 Å². The number of carbonyl (C=O) groups is 1. The molecular weight excluding hydrogens is 216 g/mol. The summed E-state index contributed by atoms with van der Waals surface area (Å²) < 4.78 is 4.92. The zero-order valence-corrected chi connectivity index (χ0v) is 10.2. The summed E-state index contributed by atoms with van der Waals surface area (Å²) in [5, 5.41) is 9.66. The van der Waals surface area contributed by atoms with Crippen LogP contribution in [0.25, 0.3) is 5.57 Å². The van der Waals surface area contributed by atoms with Gasteiger partial charge in [0.15, 0.2) is 6.10 Å². The van der Waals surface area contributed by atoms with Gasteiger partial charge in [-0.25, -0.2) is 4.79 Å². The van der Waals surface area contributed by atoms with E-state index in [1.54, 1.807) is 13.8 Å². The van der Waals surface area contributed by atoms with Gasteiger partial charge in [-0.2, -0.15) is 0 Å². The minimum atomic E-state index is -1.15. The first-order valence-corrected chi connectivity index (χ1v) is 5.62. The highest BCUT2D eigenvalue weighted by atomic mass is 16.6. The van der Waals surface area contributed by atoms with Gasteiger partial charge in [-0.3, -0.25) is 0 Å². The van der Waals surface area contributed by atoms with Gasteiger partial charge in [0.05, 0.1) is 6.10 Å². The van der Waals surface area contributed by atoms with Gasteiger partial charge in [0.2, 0.25) is 0 Å². The third-order valence-corrected chi connectivity index (χ3v) is 2.25. The maximum absolute atomic E-state index is 11.4. The lowest BCUT2D eigenvalue weighted by atomic mass is 10.0. The topological polar surface area (TPSA) is 46.5 Å². The quantitative estimate of drug-likeness (QED) is 0.796. The number of rotatable bonds is 5. The zero-order chi connectivity index (χ0) is 12.8. The van der Waals surface area contributed by atoms with E-state index in [1.165, 1.54) is 0 Å². The van der Waals surface area contributed by atoms with Crippen LogP contribution in [0, 0.1) is 0 Å². The van der Waals surface area contributed by atoms with Crippen molar-refractivity contribution < 1.29 is 14.6 Å². The van der Waals surface area contributed by atoms with Crippen LogP contribution in [0.4, 0.5) is 0 Å². The standard InChI is InChI=1S/C14H18O3/c1-10(2)17-14(16)13(15)9-11(3)12-7-5-4-6-8-12/h4-8,10,13,15H,3,9H2,1-2H3. The average molecular weight is 234 g/mol. The van der Waals surface area contributed by atoms with Gasteiger partial charge in [-0.1, -0.05) is 36.9 Å². The molecule has 0 fully saturated rings. The Kier molecular flexibility index (Phi) is 4.91. The molecule has 0 radical (unpaired) electrons. The van der Waals surface area contributed by atoms with E-state index in [0.29, 0.717) is 0 Å². The summed E-state index contributed by atoms with van der Waals surface area (Å²) in [5.41, 5.74) is 1.64. The Bertz CT molecular complexity index is 382. The summed E-state index contributed by atoms with van der Waals surface area (Å²) in [6, 6.07) is 9.46. The highest BCUT2D eigenvalue weighted by Crippen LogP contribution is 2.18. The van der Waals surface area contributed by atoms with E-state index in [1.807, 2.05) is 30.3 Å². The predicted octanol–water partition coefficient (Wildman–Crippen LogP) is 2.40. The summed E-state index contributed by atoms with van der Waals surface area (Å²) in [5.74, 6) is -0.600. The van der Waals surface area contributed by atoms with E-state index in [9.17, 15) is 9.90 Å². The molecule has 0 saturated heterocycles. The molecule has 3 heteroatoms. The Labute approximate surface area is 102 Å². The van der Waals surface area contributed by atoms with Gasteiger partial charge in [0.25, 0.3) is 0 Å². The van der Waals surface area contributed by atoms with E-state index in [4.69, 9.17) is 4.74 Å². The predicted molar refractivity (Wildman–Crippen MR) is 67.3 cm³/mol. The largest absolute Gasteiger partial charge is 0.461 e. The minimum Gasteiger partial charge on any atom is -0.461 e. The molecule has 92 valence electrons. The number of aliphatic hydroxyl groups excluding tert-OH is 1. The maximum atomic E-state index is 11.4. The van der Waals surface area contributed by atoms with Crippen molar-refractivity contribution in [2.45, 2.75) is 32.5 Å². The number of hydrogen-bond donors (Lipinski definition) is 1. The molecule has 0 aliphatic rings. The fourth-order valence-electron chi connectivity index (χ4n) is 1.42. The molecule has 0 heterocycles. The van der Waals surface area contributed by atoms with Crippen LogP contribution >= 0.6 is 0 Å². The molecule has 1 N–H and O–H groups in total. The highest BCUT2D eigenvalue weighted by molar-refractivity contribution is 5.78. The molecular formula is C14H18O3. The first kappa shape index (κ1) is 13.5. The molecule has 0 bridgehead atoms. The van der Waals surface area contributed by atoms with Crippen molar-refractivity contribution in [1.29, 1.82) is 0 Å². The summed E-state index contributed by atoms with van der Waals surface area (Å²) in [6.07, 6.45) is -1.18. The molecule has 1 atom stereocenters. The van der Waals surface area contributed by atoms with Crippen LogP contribution in [0.3, 0.4) is 0 Å². The van der Waals surface area contributed by atoms with E-state index < -0.39 is 12.1 Å². The maximum Gasteiger partial charge on any atom is 0.335 e. The average Bonchev–Trinajstić information content (AvgIpc) is 2.29. The lowest BCUT2D eigenvalue weighted by Crippen LogP contribution is -2.25. The van der Waals surface area contributed by atoms with Crippen LogP contribution in [0.2, 0.25) is 0 Å². The van der Waals surface area contributed by atoms with Crippen molar-refractivity contribution >= 4 is 11.5 Å².